The van der Waals surface area contributed by atoms with Crippen LogP contribution in [-0.4, -0.2) is 61.8 Å². The molecule has 0 aliphatic carbocycles. The number of imidazole rings is 1. The molecule has 0 bridgehead atoms. The molecule has 0 radical (unpaired) electrons. The van der Waals surface area contributed by atoms with Gasteiger partial charge in [0, 0.05) is 18.2 Å². The number of ether oxygens (including phenoxy) is 1. The highest BCUT2D eigenvalue weighted by Gasteiger charge is 2.37. The van der Waals surface area contributed by atoms with Gasteiger partial charge in [-0.3, -0.25) is 14.3 Å². The molecule has 4 aromatic rings. The summed E-state index contributed by atoms with van der Waals surface area (Å²) < 4.78 is 96.7. The quantitative estimate of drug-likeness (QED) is 0.0812. The maximum absolute atomic E-state index is 14.5. The predicted octanol–water partition coefficient (Wildman–Crippen LogP) is 5.32. The number of alkyl halides is 3. The summed E-state index contributed by atoms with van der Waals surface area (Å²) in [6.07, 6.45) is -2.95. The zero-order valence-corrected chi connectivity index (χ0v) is 25.9. The summed E-state index contributed by atoms with van der Waals surface area (Å²) in [6, 6.07) is 6.66. The van der Waals surface area contributed by atoms with E-state index < -0.39 is 49.8 Å². The first-order valence-corrected chi connectivity index (χ1v) is 15.9. The zero-order valence-electron chi connectivity index (χ0n) is 25.0. The molecule has 0 fully saturated rings. The lowest BCUT2D eigenvalue weighted by Gasteiger charge is -2.28. The van der Waals surface area contributed by atoms with Crippen LogP contribution in [0.15, 0.2) is 52.1 Å². The fourth-order valence-electron chi connectivity index (χ4n) is 4.76. The number of nitrogens with one attached hydrogen (secondary N) is 2. The monoisotopic (exact) mass is 698 g/mol. The van der Waals surface area contributed by atoms with E-state index in [2.05, 4.69) is 30.1 Å². The molecular formula is C29H28F5N6O7P. The van der Waals surface area contributed by atoms with Gasteiger partial charge in [-0.15, -0.1) is 0 Å². The van der Waals surface area contributed by atoms with Crippen LogP contribution >= 0.6 is 7.82 Å². The Kier molecular flexibility index (Phi) is 10.3. The number of carbonyl (C=O) groups is 1. The van der Waals surface area contributed by atoms with Gasteiger partial charge in [-0.2, -0.15) is 18.3 Å². The molecule has 2 aromatic carbocycles. The molecule has 2 aromatic heterocycles. The third-order valence-electron chi connectivity index (χ3n) is 6.93. The second kappa shape index (κ2) is 14.2. The number of rotatable bonds is 13. The molecule has 1 atom stereocenters. The lowest BCUT2D eigenvalue weighted by atomic mass is 10.0. The molecule has 4 N–H and O–H groups in total. The van der Waals surface area contributed by atoms with E-state index in [1.807, 2.05) is 0 Å². The lowest BCUT2D eigenvalue weighted by Crippen LogP contribution is -2.39. The van der Waals surface area contributed by atoms with E-state index in [1.54, 1.807) is 6.92 Å². The van der Waals surface area contributed by atoms with Crippen LogP contribution in [0.2, 0.25) is 0 Å². The minimum absolute atomic E-state index is 0.00609. The van der Waals surface area contributed by atoms with E-state index in [0.29, 0.717) is 12.1 Å². The second-order valence-corrected chi connectivity index (χ2v) is 11.7. The Morgan fingerprint density at radius 1 is 1.17 bits per heavy atom. The van der Waals surface area contributed by atoms with E-state index in [9.17, 15) is 31.3 Å². The third-order valence-corrected chi connectivity index (χ3v) is 7.45. The Morgan fingerprint density at radius 2 is 1.96 bits per heavy atom. The number of hydrogen-bond acceptors (Lipinski definition) is 9. The minimum atomic E-state index is -4.79. The summed E-state index contributed by atoms with van der Waals surface area (Å²) in [5.74, 6) is -3.19. The van der Waals surface area contributed by atoms with Crippen LogP contribution in [0.5, 0.6) is 5.75 Å². The number of H-pyrrole nitrogens is 1. The number of amides is 1. The molecule has 1 unspecified atom stereocenters. The van der Waals surface area contributed by atoms with Gasteiger partial charge in [0.15, 0.2) is 23.4 Å². The van der Waals surface area contributed by atoms with Crippen LogP contribution < -0.4 is 10.1 Å². The maximum atomic E-state index is 14.5. The number of halogens is 5. The summed E-state index contributed by atoms with van der Waals surface area (Å²) in [7, 11) is -4.73. The van der Waals surface area contributed by atoms with Crippen LogP contribution in [0.25, 0.3) is 22.6 Å². The highest BCUT2D eigenvalue weighted by molar-refractivity contribution is 7.46. The first kappa shape index (κ1) is 34.7. The lowest BCUT2D eigenvalue weighted by molar-refractivity contribution is -0.137. The Morgan fingerprint density at radius 3 is 2.69 bits per heavy atom. The number of phosphoric acid groups is 1. The summed E-state index contributed by atoms with van der Waals surface area (Å²) in [6.45, 7) is 1.31. The molecule has 48 heavy (non-hydrogen) atoms. The normalized spacial score (nSPS) is 13.8. The molecule has 13 nitrogen and oxygen atoms in total. The van der Waals surface area contributed by atoms with Crippen LogP contribution in [0.4, 0.5) is 22.0 Å². The van der Waals surface area contributed by atoms with E-state index in [4.69, 9.17) is 19.0 Å². The average Bonchev–Trinajstić information content (AvgIpc) is 3.68. The van der Waals surface area contributed by atoms with Crippen molar-refractivity contribution in [2.24, 2.45) is 5.10 Å². The summed E-state index contributed by atoms with van der Waals surface area (Å²) in [4.78, 5) is 38.4. The fraction of sp³-hybridized carbons (Fsp3) is 0.310. The average molecular weight is 699 g/mol. The Labute approximate surface area is 269 Å². The van der Waals surface area contributed by atoms with Gasteiger partial charge in [0.2, 0.25) is 0 Å². The van der Waals surface area contributed by atoms with Crippen LogP contribution in [-0.2, 0) is 26.6 Å². The third kappa shape index (κ3) is 8.07. The number of aromatic amines is 1. The smallest absolute Gasteiger partial charge is 0.469 e. The van der Waals surface area contributed by atoms with Gasteiger partial charge in [-0.1, -0.05) is 18.1 Å². The van der Waals surface area contributed by atoms with Crippen LogP contribution in [0.3, 0.4) is 0 Å². The Hall–Kier alpha value is -4.64. The molecule has 3 heterocycles. The molecular weight excluding hydrogens is 670 g/mol. The van der Waals surface area contributed by atoms with Gasteiger partial charge in [-0.05, 0) is 43.2 Å². The first-order valence-electron chi connectivity index (χ1n) is 14.4. The minimum Gasteiger partial charge on any atom is -0.494 e. The molecule has 0 spiro atoms. The summed E-state index contributed by atoms with van der Waals surface area (Å²) in [5, 5.41) is 11.8. The van der Waals surface area contributed by atoms with Crippen LogP contribution in [0, 0.1) is 11.6 Å². The molecule has 5 rings (SSSR count). The molecule has 1 aliphatic heterocycles. The van der Waals surface area contributed by atoms with Crippen molar-refractivity contribution in [3.05, 3.63) is 76.8 Å². The molecule has 1 aliphatic rings. The van der Waals surface area contributed by atoms with Crippen molar-refractivity contribution >= 4 is 19.9 Å². The Balaban J connectivity index is 1.45. The number of nitrogens with zero attached hydrogens (tertiary/aromatic N) is 4. The standard InChI is InChI=1S/C29H28F5N6O7P/c1-2-10-45-16-7-8-17(19(12-16)29(32,33)34)21-13-24(47-39-21)26(28(41)35-9-4-11-46-48(42,43)44)40-15-23-22(14-36-40)37-27(38-23)18-5-3-6-20(30)25(18)31/h3,5-8,12-14,26H,2,4,9-11,15H2,1H3,(H,35,41)(H,37,38)(H2,42,43,44). The summed E-state index contributed by atoms with van der Waals surface area (Å²) >= 11 is 0. The number of aromatic nitrogens is 3. The van der Waals surface area contributed by atoms with Gasteiger partial charge in [0.25, 0.3) is 5.91 Å². The first-order chi connectivity index (χ1) is 22.7. The van der Waals surface area contributed by atoms with Gasteiger partial charge in [-0.25, -0.2) is 18.3 Å². The highest BCUT2D eigenvalue weighted by Crippen LogP contribution is 2.40. The van der Waals surface area contributed by atoms with Crippen molar-refractivity contribution in [3.8, 4) is 28.4 Å². The van der Waals surface area contributed by atoms with Crippen molar-refractivity contribution < 1.29 is 54.9 Å². The molecule has 0 saturated heterocycles. The van der Waals surface area contributed by atoms with Gasteiger partial charge >= 0.3 is 14.0 Å². The molecule has 256 valence electrons. The number of carbonyl (C=O) groups excluding carboxylic acids is 1. The summed E-state index contributed by atoms with van der Waals surface area (Å²) in [5.41, 5.74) is -1.17. The number of fused-ring (bicyclic) bond motifs is 1. The number of hydrazone groups is 1. The predicted molar refractivity (Wildman–Crippen MR) is 158 cm³/mol. The van der Waals surface area contributed by atoms with E-state index in [0.717, 1.165) is 18.2 Å². The zero-order chi connectivity index (χ0) is 34.6. The largest absolute Gasteiger partial charge is 0.494 e. The van der Waals surface area contributed by atoms with Gasteiger partial charge < -0.3 is 29.3 Å². The van der Waals surface area contributed by atoms with Crippen LogP contribution in [0.1, 0.15) is 48.5 Å². The van der Waals surface area contributed by atoms with Gasteiger partial charge in [0.05, 0.1) is 48.5 Å². The van der Waals surface area contributed by atoms with Crippen molar-refractivity contribution in [2.45, 2.75) is 38.5 Å². The SMILES string of the molecule is CCCOc1ccc(-c2cc(C(C(=O)NCCCOP(=O)(O)O)N3Cc4nc(-c5cccc(F)c5F)[nH]c4C=N3)on2)c(C(F)(F)F)c1. The molecule has 0 saturated carbocycles. The van der Waals surface area contributed by atoms with E-state index in [1.165, 1.54) is 35.5 Å². The van der Waals surface area contributed by atoms with Crippen molar-refractivity contribution in [2.75, 3.05) is 19.8 Å². The van der Waals surface area contributed by atoms with Crippen molar-refractivity contribution in [1.82, 2.24) is 25.5 Å². The number of benzene rings is 2. The molecule has 19 heteroatoms. The molecule has 1 amide bonds. The fourth-order valence-corrected chi connectivity index (χ4v) is 5.13. The van der Waals surface area contributed by atoms with Gasteiger partial charge in [0.1, 0.15) is 17.3 Å². The van der Waals surface area contributed by atoms with E-state index >= 15 is 0 Å². The maximum Gasteiger partial charge on any atom is 0.469 e. The highest BCUT2D eigenvalue weighted by atomic mass is 31.2. The number of hydrogen-bond donors (Lipinski definition) is 4. The second-order valence-electron chi connectivity index (χ2n) is 10.4. The van der Waals surface area contributed by atoms with Crippen molar-refractivity contribution in [1.29, 1.82) is 0 Å². The number of phosphoric ester groups is 1. The van der Waals surface area contributed by atoms with Crippen molar-refractivity contribution in [3.63, 3.8) is 0 Å². The Bertz CT molecular complexity index is 1860. The topological polar surface area (TPSA) is 175 Å². The van der Waals surface area contributed by atoms with E-state index in [-0.39, 0.29) is 66.0 Å².